The van der Waals surface area contributed by atoms with E-state index in [9.17, 15) is 4.79 Å². The van der Waals surface area contributed by atoms with E-state index in [1.807, 2.05) is 23.2 Å². The molecule has 0 saturated carbocycles. The largest absolute Gasteiger partial charge is 0.496 e. The van der Waals surface area contributed by atoms with Crippen LogP contribution in [0.2, 0.25) is 5.02 Å². The van der Waals surface area contributed by atoms with Crippen LogP contribution in [-0.4, -0.2) is 73.6 Å². The van der Waals surface area contributed by atoms with Crippen LogP contribution in [0.3, 0.4) is 0 Å². The van der Waals surface area contributed by atoms with Crippen molar-refractivity contribution in [2.24, 2.45) is 5.92 Å². The number of ether oxygens (including phenoxy) is 1. The van der Waals surface area contributed by atoms with E-state index in [0.717, 1.165) is 58.1 Å². The Labute approximate surface area is 183 Å². The first-order valence-corrected chi connectivity index (χ1v) is 11.0. The van der Waals surface area contributed by atoms with E-state index in [1.165, 1.54) is 6.42 Å². The van der Waals surface area contributed by atoms with E-state index in [4.69, 9.17) is 16.3 Å². The van der Waals surface area contributed by atoms with Crippen LogP contribution in [0.5, 0.6) is 5.75 Å². The van der Waals surface area contributed by atoms with Crippen molar-refractivity contribution in [3.05, 3.63) is 53.2 Å². The third-order valence-electron chi connectivity index (χ3n) is 6.06. The summed E-state index contributed by atoms with van der Waals surface area (Å²) in [5, 5.41) is 0.574. The maximum Gasteiger partial charge on any atom is 0.257 e. The van der Waals surface area contributed by atoms with Gasteiger partial charge < -0.3 is 14.5 Å². The van der Waals surface area contributed by atoms with Gasteiger partial charge in [-0.2, -0.15) is 0 Å². The van der Waals surface area contributed by atoms with Gasteiger partial charge in [0, 0.05) is 57.0 Å². The van der Waals surface area contributed by atoms with Crippen LogP contribution in [-0.2, 0) is 0 Å². The fraction of sp³-hybridized carbons (Fsp3) is 0.478. The normalized spacial score (nSPS) is 20.3. The number of likely N-dealkylation sites (tertiary alicyclic amines) is 1. The highest BCUT2D eigenvalue weighted by Gasteiger charge is 2.28. The summed E-state index contributed by atoms with van der Waals surface area (Å²) in [5.41, 5.74) is 0.589. The molecule has 2 fully saturated rings. The molecule has 2 aliphatic rings. The molecule has 160 valence electrons. The van der Waals surface area contributed by atoms with Crippen molar-refractivity contribution in [1.29, 1.82) is 0 Å². The molecule has 1 aromatic carbocycles. The molecule has 6 nitrogen and oxygen atoms in total. The molecule has 2 aromatic rings. The van der Waals surface area contributed by atoms with Crippen LogP contribution in [0, 0.1) is 5.92 Å². The average Bonchev–Trinajstić information content (AvgIpc) is 2.80. The van der Waals surface area contributed by atoms with E-state index >= 15 is 0 Å². The molecular formula is C23H29ClN4O2. The summed E-state index contributed by atoms with van der Waals surface area (Å²) in [6.07, 6.45) is 4.06. The highest BCUT2D eigenvalue weighted by Crippen LogP contribution is 2.27. The minimum Gasteiger partial charge on any atom is -0.496 e. The number of rotatable bonds is 5. The van der Waals surface area contributed by atoms with Crippen molar-refractivity contribution in [3.8, 4) is 5.75 Å². The van der Waals surface area contributed by atoms with E-state index in [-0.39, 0.29) is 5.91 Å². The summed E-state index contributed by atoms with van der Waals surface area (Å²) in [6, 6.07) is 11.3. The molecule has 1 aromatic heterocycles. The molecule has 0 spiro atoms. The first kappa shape index (κ1) is 20.9. The fourth-order valence-electron chi connectivity index (χ4n) is 4.48. The van der Waals surface area contributed by atoms with Crippen LogP contribution in [0.15, 0.2) is 42.6 Å². The number of nitrogens with zero attached hydrogens (tertiary/aromatic N) is 4. The topological polar surface area (TPSA) is 48.9 Å². The van der Waals surface area contributed by atoms with Gasteiger partial charge >= 0.3 is 0 Å². The van der Waals surface area contributed by atoms with Crippen molar-refractivity contribution < 1.29 is 9.53 Å². The molecule has 4 rings (SSSR count). The van der Waals surface area contributed by atoms with Gasteiger partial charge in [-0.05, 0) is 49.1 Å². The summed E-state index contributed by atoms with van der Waals surface area (Å²) in [5.74, 6) is 2.14. The molecule has 1 atom stereocenters. The second kappa shape index (κ2) is 9.67. The summed E-state index contributed by atoms with van der Waals surface area (Å²) in [7, 11) is 1.58. The van der Waals surface area contributed by atoms with Crippen molar-refractivity contribution >= 4 is 23.3 Å². The number of halogens is 1. The number of piperazine rings is 1. The molecule has 2 aliphatic heterocycles. The zero-order valence-corrected chi connectivity index (χ0v) is 18.2. The van der Waals surface area contributed by atoms with Crippen molar-refractivity contribution in [3.63, 3.8) is 0 Å². The van der Waals surface area contributed by atoms with Gasteiger partial charge in [0.1, 0.15) is 11.6 Å². The highest BCUT2D eigenvalue weighted by atomic mass is 35.5. The second-order valence-electron chi connectivity index (χ2n) is 8.08. The maximum absolute atomic E-state index is 13.1. The second-order valence-corrected chi connectivity index (χ2v) is 8.52. The predicted octanol–water partition coefficient (Wildman–Crippen LogP) is 3.42. The Balaban J connectivity index is 1.32. The molecule has 0 radical (unpaired) electrons. The number of amides is 1. The molecule has 2 saturated heterocycles. The van der Waals surface area contributed by atoms with Crippen molar-refractivity contribution in [1.82, 2.24) is 14.8 Å². The van der Waals surface area contributed by atoms with Gasteiger partial charge in [-0.25, -0.2) is 4.98 Å². The number of piperidine rings is 1. The minimum atomic E-state index is 0.0354. The number of anilines is 1. The van der Waals surface area contributed by atoms with Gasteiger partial charge in [0.05, 0.1) is 12.7 Å². The zero-order valence-electron chi connectivity index (χ0n) is 17.5. The SMILES string of the molecule is COc1cc(Cl)ccc1C(=O)N1CCCC(CN2CCN(c3ccccn3)CC2)C1. The summed E-state index contributed by atoms with van der Waals surface area (Å²) >= 11 is 6.05. The van der Waals surface area contributed by atoms with Crippen molar-refractivity contribution in [2.75, 3.05) is 57.8 Å². The quantitative estimate of drug-likeness (QED) is 0.730. The third kappa shape index (κ3) is 4.87. The third-order valence-corrected chi connectivity index (χ3v) is 6.30. The average molecular weight is 429 g/mol. The van der Waals surface area contributed by atoms with Gasteiger partial charge in [0.15, 0.2) is 0 Å². The van der Waals surface area contributed by atoms with Gasteiger partial charge in [-0.3, -0.25) is 9.69 Å². The van der Waals surface area contributed by atoms with E-state index in [2.05, 4.69) is 20.9 Å². The van der Waals surface area contributed by atoms with Crippen LogP contribution in [0.1, 0.15) is 23.2 Å². The lowest BCUT2D eigenvalue weighted by atomic mass is 9.96. The van der Waals surface area contributed by atoms with Crippen LogP contribution < -0.4 is 9.64 Å². The number of methoxy groups -OCH3 is 1. The minimum absolute atomic E-state index is 0.0354. The maximum atomic E-state index is 13.1. The Hall–Kier alpha value is -2.31. The van der Waals surface area contributed by atoms with Gasteiger partial charge in [-0.1, -0.05) is 17.7 Å². The number of hydrogen-bond donors (Lipinski definition) is 0. The smallest absolute Gasteiger partial charge is 0.257 e. The summed E-state index contributed by atoms with van der Waals surface area (Å²) < 4.78 is 5.38. The Morgan fingerprint density at radius 1 is 1.17 bits per heavy atom. The Kier molecular flexibility index (Phi) is 6.75. The first-order valence-electron chi connectivity index (χ1n) is 10.6. The molecular weight excluding hydrogens is 400 g/mol. The predicted molar refractivity (Wildman–Crippen MR) is 120 cm³/mol. The van der Waals surface area contributed by atoms with Crippen molar-refractivity contribution in [2.45, 2.75) is 12.8 Å². The summed E-state index contributed by atoms with van der Waals surface area (Å²) in [6.45, 7) is 6.69. The molecule has 3 heterocycles. The molecule has 0 N–H and O–H groups in total. The van der Waals surface area contributed by atoms with Gasteiger partial charge in [0.2, 0.25) is 0 Å². The van der Waals surface area contributed by atoms with Crippen LogP contribution in [0.25, 0.3) is 0 Å². The highest BCUT2D eigenvalue weighted by molar-refractivity contribution is 6.30. The standard InChI is InChI=1S/C23H29ClN4O2/c1-30-21-15-19(24)7-8-20(21)23(29)28-10-4-5-18(17-28)16-26-11-13-27(14-12-26)22-6-2-3-9-25-22/h2-3,6-9,15,18H,4-5,10-14,16-17H2,1H3. The number of benzene rings is 1. The number of pyridine rings is 1. The zero-order chi connectivity index (χ0) is 20.9. The molecule has 1 amide bonds. The molecule has 1 unspecified atom stereocenters. The Morgan fingerprint density at radius 3 is 2.73 bits per heavy atom. The van der Waals surface area contributed by atoms with E-state index < -0.39 is 0 Å². The molecule has 0 aliphatic carbocycles. The number of hydrogen-bond acceptors (Lipinski definition) is 5. The van der Waals surface area contributed by atoms with Gasteiger partial charge in [-0.15, -0.1) is 0 Å². The number of carbonyl (C=O) groups excluding carboxylic acids is 1. The number of aromatic nitrogens is 1. The Bertz CT molecular complexity index is 856. The lowest BCUT2D eigenvalue weighted by molar-refractivity contribution is 0.0634. The van der Waals surface area contributed by atoms with E-state index in [1.54, 1.807) is 25.3 Å². The van der Waals surface area contributed by atoms with Crippen LogP contribution >= 0.6 is 11.6 Å². The lowest BCUT2D eigenvalue weighted by Gasteiger charge is -2.39. The Morgan fingerprint density at radius 2 is 2.00 bits per heavy atom. The molecule has 0 bridgehead atoms. The van der Waals surface area contributed by atoms with Gasteiger partial charge in [0.25, 0.3) is 5.91 Å². The monoisotopic (exact) mass is 428 g/mol. The molecule has 7 heteroatoms. The lowest BCUT2D eigenvalue weighted by Crippen LogP contribution is -2.50. The van der Waals surface area contributed by atoms with Crippen LogP contribution in [0.4, 0.5) is 5.82 Å². The first-order chi connectivity index (χ1) is 14.6. The number of carbonyl (C=O) groups is 1. The summed E-state index contributed by atoms with van der Waals surface area (Å²) in [4.78, 5) is 24.4. The fourth-order valence-corrected chi connectivity index (χ4v) is 4.64. The molecule has 30 heavy (non-hydrogen) atoms. The van der Waals surface area contributed by atoms with E-state index in [0.29, 0.717) is 22.3 Å².